The van der Waals surface area contributed by atoms with Gasteiger partial charge in [0.15, 0.2) is 0 Å². The summed E-state index contributed by atoms with van der Waals surface area (Å²) in [6, 6.07) is 5.27. The van der Waals surface area contributed by atoms with Gasteiger partial charge in [0, 0.05) is 37.2 Å². The lowest BCUT2D eigenvalue weighted by atomic mass is 10.1. The molecule has 2 aliphatic heterocycles. The van der Waals surface area contributed by atoms with Crippen molar-refractivity contribution in [3.8, 4) is 11.5 Å². The molecule has 2 aliphatic rings. The van der Waals surface area contributed by atoms with Crippen molar-refractivity contribution in [3.05, 3.63) is 23.8 Å². The van der Waals surface area contributed by atoms with Crippen molar-refractivity contribution >= 4 is 11.9 Å². The Hall–Kier alpha value is -2.32. The van der Waals surface area contributed by atoms with Crippen LogP contribution in [0.25, 0.3) is 0 Å². The molecule has 1 aromatic rings. The molecule has 1 amide bonds. The summed E-state index contributed by atoms with van der Waals surface area (Å²) >= 11 is 0. The van der Waals surface area contributed by atoms with Gasteiger partial charge < -0.3 is 24.2 Å². The number of hydrogen-bond donors (Lipinski definition) is 1. The Morgan fingerprint density at radius 3 is 2.70 bits per heavy atom. The van der Waals surface area contributed by atoms with Gasteiger partial charge in [-0.2, -0.15) is 0 Å². The molecule has 8 nitrogen and oxygen atoms in total. The van der Waals surface area contributed by atoms with Gasteiger partial charge in [0.05, 0.1) is 46.4 Å². The van der Waals surface area contributed by atoms with Crippen LogP contribution in [0.2, 0.25) is 0 Å². The third-order valence-corrected chi connectivity index (χ3v) is 5.06. The van der Waals surface area contributed by atoms with Gasteiger partial charge in [0.1, 0.15) is 11.5 Å². The Balaban J connectivity index is 1.75. The lowest BCUT2D eigenvalue weighted by molar-refractivity contribution is -0.138. The minimum absolute atomic E-state index is 0.00357. The standard InChI is InChI=1S/C19H26N2O6/c1-25-16-4-3-14(17(6-16)26-2)5-18(22)21-8-13-7-20(10-19(23)24)9-15(21)12-27-11-13/h3-4,6,13,15H,5,7-12H2,1-2H3,(H,23,24)/t13-,15-/m0/s1. The van der Waals surface area contributed by atoms with Gasteiger partial charge in [-0.15, -0.1) is 0 Å². The molecule has 2 heterocycles. The van der Waals surface area contributed by atoms with Crippen LogP contribution in [0.3, 0.4) is 0 Å². The Labute approximate surface area is 158 Å². The van der Waals surface area contributed by atoms with Crippen molar-refractivity contribution in [1.29, 1.82) is 0 Å². The number of benzene rings is 1. The molecule has 27 heavy (non-hydrogen) atoms. The van der Waals surface area contributed by atoms with Crippen LogP contribution in [-0.2, 0) is 20.7 Å². The van der Waals surface area contributed by atoms with E-state index in [1.807, 2.05) is 21.9 Å². The highest BCUT2D eigenvalue weighted by Gasteiger charge is 2.36. The number of fused-ring (bicyclic) bond motifs is 3. The fraction of sp³-hybridized carbons (Fsp3) is 0.579. The number of hydrogen-bond acceptors (Lipinski definition) is 6. The monoisotopic (exact) mass is 378 g/mol. The van der Waals surface area contributed by atoms with Crippen LogP contribution in [0.15, 0.2) is 18.2 Å². The van der Waals surface area contributed by atoms with Crippen molar-refractivity contribution in [2.45, 2.75) is 12.5 Å². The smallest absolute Gasteiger partial charge is 0.317 e. The Morgan fingerprint density at radius 2 is 2.00 bits per heavy atom. The number of rotatable bonds is 6. The topological polar surface area (TPSA) is 88.5 Å². The molecular formula is C19H26N2O6. The summed E-state index contributed by atoms with van der Waals surface area (Å²) in [6.07, 6.45) is 0.218. The van der Waals surface area contributed by atoms with Crippen molar-refractivity contribution in [1.82, 2.24) is 9.80 Å². The van der Waals surface area contributed by atoms with E-state index in [1.165, 1.54) is 0 Å². The maximum atomic E-state index is 13.1. The zero-order valence-corrected chi connectivity index (χ0v) is 15.7. The van der Waals surface area contributed by atoms with E-state index in [1.54, 1.807) is 20.3 Å². The second-order valence-corrected chi connectivity index (χ2v) is 7.05. The first-order chi connectivity index (χ1) is 13.0. The summed E-state index contributed by atoms with van der Waals surface area (Å²) in [7, 11) is 3.15. The van der Waals surface area contributed by atoms with Gasteiger partial charge in [-0.3, -0.25) is 14.5 Å². The molecule has 1 N–H and O–H groups in total. The second kappa shape index (κ2) is 8.58. The van der Waals surface area contributed by atoms with Crippen molar-refractivity contribution in [2.75, 3.05) is 53.6 Å². The molecule has 2 bridgehead atoms. The Kier molecular flexibility index (Phi) is 6.18. The van der Waals surface area contributed by atoms with Crippen LogP contribution < -0.4 is 9.47 Å². The van der Waals surface area contributed by atoms with Crippen LogP contribution >= 0.6 is 0 Å². The van der Waals surface area contributed by atoms with Crippen molar-refractivity contribution in [2.24, 2.45) is 5.92 Å². The molecule has 0 spiro atoms. The minimum Gasteiger partial charge on any atom is -0.497 e. The van der Waals surface area contributed by atoms with Crippen LogP contribution in [-0.4, -0.2) is 86.4 Å². The number of aliphatic carboxylic acids is 1. The number of ether oxygens (including phenoxy) is 3. The number of amides is 1. The van der Waals surface area contributed by atoms with E-state index >= 15 is 0 Å². The van der Waals surface area contributed by atoms with Gasteiger partial charge in [-0.25, -0.2) is 0 Å². The van der Waals surface area contributed by atoms with E-state index < -0.39 is 5.97 Å². The predicted octanol–water partition coefficient (Wildman–Crippen LogP) is 0.490. The van der Waals surface area contributed by atoms with Gasteiger partial charge >= 0.3 is 5.97 Å². The first kappa shape index (κ1) is 19.4. The molecule has 0 radical (unpaired) electrons. The third-order valence-electron chi connectivity index (χ3n) is 5.06. The normalized spacial score (nSPS) is 22.8. The van der Waals surface area contributed by atoms with Crippen LogP contribution in [0.4, 0.5) is 0 Å². The largest absolute Gasteiger partial charge is 0.497 e. The molecule has 1 aromatic carbocycles. The van der Waals surface area contributed by atoms with E-state index in [0.717, 1.165) is 5.56 Å². The molecule has 148 valence electrons. The molecule has 0 aliphatic carbocycles. The molecule has 2 fully saturated rings. The van der Waals surface area contributed by atoms with Crippen LogP contribution in [0, 0.1) is 5.92 Å². The summed E-state index contributed by atoms with van der Waals surface area (Å²) in [5, 5.41) is 9.11. The van der Waals surface area contributed by atoms with Crippen LogP contribution in [0.5, 0.6) is 11.5 Å². The lowest BCUT2D eigenvalue weighted by Gasteiger charge is -2.30. The van der Waals surface area contributed by atoms with Crippen molar-refractivity contribution < 1.29 is 28.9 Å². The number of carbonyl (C=O) groups excluding carboxylic acids is 1. The highest BCUT2D eigenvalue weighted by atomic mass is 16.5. The quantitative estimate of drug-likeness (QED) is 0.771. The summed E-state index contributed by atoms with van der Waals surface area (Å²) in [4.78, 5) is 27.9. The van der Waals surface area contributed by atoms with E-state index in [9.17, 15) is 9.59 Å². The summed E-state index contributed by atoms with van der Waals surface area (Å²) in [5.74, 6) is 0.544. The minimum atomic E-state index is -0.850. The molecule has 0 saturated carbocycles. The highest BCUT2D eigenvalue weighted by Crippen LogP contribution is 2.27. The number of carbonyl (C=O) groups is 2. The molecular weight excluding hydrogens is 352 g/mol. The zero-order chi connectivity index (χ0) is 19.4. The number of carboxylic acids is 1. The maximum Gasteiger partial charge on any atom is 0.317 e. The fourth-order valence-corrected chi connectivity index (χ4v) is 3.83. The molecule has 8 heteroatoms. The van der Waals surface area contributed by atoms with Gasteiger partial charge in [0.2, 0.25) is 5.91 Å². The summed E-state index contributed by atoms with van der Waals surface area (Å²) < 4.78 is 16.3. The Bertz CT molecular complexity index is 695. The number of nitrogens with zero attached hydrogens (tertiary/aromatic N) is 2. The first-order valence-corrected chi connectivity index (χ1v) is 9.02. The zero-order valence-electron chi connectivity index (χ0n) is 15.7. The van der Waals surface area contributed by atoms with E-state index in [2.05, 4.69) is 0 Å². The van der Waals surface area contributed by atoms with Crippen LogP contribution in [0.1, 0.15) is 5.56 Å². The maximum absolute atomic E-state index is 13.1. The SMILES string of the molecule is COc1ccc(CC(=O)N2C[C@H]3COC[C@@H]2CN(CC(=O)O)C3)c(OC)c1. The highest BCUT2D eigenvalue weighted by molar-refractivity contribution is 5.80. The molecule has 2 atom stereocenters. The molecule has 2 saturated heterocycles. The molecule has 3 rings (SSSR count). The average Bonchev–Trinajstić information content (AvgIpc) is 2.92. The Morgan fingerprint density at radius 1 is 1.19 bits per heavy atom. The third kappa shape index (κ3) is 4.70. The first-order valence-electron chi connectivity index (χ1n) is 9.02. The lowest BCUT2D eigenvalue weighted by Crippen LogP contribution is -2.47. The van der Waals surface area contributed by atoms with E-state index in [0.29, 0.717) is 44.3 Å². The van der Waals surface area contributed by atoms with E-state index in [-0.39, 0.29) is 30.8 Å². The van der Waals surface area contributed by atoms with Gasteiger partial charge in [-0.05, 0) is 6.07 Å². The van der Waals surface area contributed by atoms with Gasteiger partial charge in [0.25, 0.3) is 0 Å². The summed E-state index contributed by atoms with van der Waals surface area (Å²) in [6.45, 7) is 2.67. The molecule has 0 aromatic heterocycles. The number of methoxy groups -OCH3 is 2. The number of carboxylic acid groups (broad SMARTS) is 1. The fourth-order valence-electron chi connectivity index (χ4n) is 3.83. The predicted molar refractivity (Wildman–Crippen MR) is 97.1 cm³/mol. The molecule has 0 unspecified atom stereocenters. The van der Waals surface area contributed by atoms with Gasteiger partial charge in [-0.1, -0.05) is 6.07 Å². The van der Waals surface area contributed by atoms with Crippen molar-refractivity contribution in [3.63, 3.8) is 0 Å². The average molecular weight is 378 g/mol. The van der Waals surface area contributed by atoms with E-state index in [4.69, 9.17) is 19.3 Å². The summed E-state index contributed by atoms with van der Waals surface area (Å²) in [5.41, 5.74) is 0.797. The second-order valence-electron chi connectivity index (χ2n) is 7.05.